The smallest absolute Gasteiger partial charge is 0.255 e. The Labute approximate surface area is 166 Å². The van der Waals surface area contributed by atoms with Crippen molar-refractivity contribution < 1.29 is 17.6 Å². The molecule has 2 aromatic carbocycles. The Bertz CT molecular complexity index is 918. The Morgan fingerprint density at radius 2 is 1.74 bits per heavy atom. The first-order chi connectivity index (χ1) is 12.6. The van der Waals surface area contributed by atoms with Gasteiger partial charge in [-0.1, -0.05) is 12.1 Å². The number of nitrogens with two attached hydrogens (primary N) is 1. The van der Waals surface area contributed by atoms with E-state index in [1.54, 1.807) is 17.0 Å². The molecule has 0 atom stereocenters. The first-order valence-corrected chi connectivity index (χ1v) is 10.4. The summed E-state index contributed by atoms with van der Waals surface area (Å²) < 4.78 is 36.9. The number of likely N-dealkylation sites (N-methyl/N-ethyl adjacent to an activating group) is 1. The lowest BCUT2D eigenvalue weighted by Crippen LogP contribution is -2.36. The van der Waals surface area contributed by atoms with Crippen molar-refractivity contribution in [3.05, 3.63) is 63.9 Å². The Kier molecular flexibility index (Phi) is 7.10. The van der Waals surface area contributed by atoms with Crippen LogP contribution in [0.3, 0.4) is 0 Å². The summed E-state index contributed by atoms with van der Waals surface area (Å²) in [6.07, 6.45) is 0. The van der Waals surface area contributed by atoms with Gasteiger partial charge in [-0.2, -0.15) is 0 Å². The van der Waals surface area contributed by atoms with Crippen LogP contribution in [-0.4, -0.2) is 51.3 Å². The van der Waals surface area contributed by atoms with Crippen LogP contribution in [0, 0.1) is 5.82 Å². The van der Waals surface area contributed by atoms with E-state index in [-0.39, 0.29) is 28.7 Å². The number of halogens is 2. The third kappa shape index (κ3) is 6.10. The van der Waals surface area contributed by atoms with E-state index >= 15 is 0 Å². The van der Waals surface area contributed by atoms with Gasteiger partial charge in [0, 0.05) is 24.1 Å². The zero-order valence-electron chi connectivity index (χ0n) is 15.0. The summed E-state index contributed by atoms with van der Waals surface area (Å²) >= 11 is 3.30. The molecule has 6 nitrogen and oxygen atoms in total. The van der Waals surface area contributed by atoms with E-state index < -0.39 is 10.0 Å². The number of carbonyl (C=O) groups is 1. The third-order valence-corrected chi connectivity index (χ3v) is 5.49. The Morgan fingerprint density at radius 3 is 2.30 bits per heavy atom. The lowest BCUT2D eigenvalue weighted by Gasteiger charge is -2.25. The van der Waals surface area contributed by atoms with Gasteiger partial charge in [0.2, 0.25) is 10.0 Å². The second kappa shape index (κ2) is 8.92. The highest BCUT2D eigenvalue weighted by atomic mass is 79.9. The van der Waals surface area contributed by atoms with Crippen molar-refractivity contribution >= 4 is 31.9 Å². The summed E-state index contributed by atoms with van der Waals surface area (Å²) in [5.74, 6) is -0.702. The van der Waals surface area contributed by atoms with E-state index in [0.717, 1.165) is 5.56 Å². The number of sulfonamides is 1. The SMILES string of the molecule is CN(C)CCN(Cc1ccc(F)cc1)C(=O)c1cc(S(N)(=O)=O)ccc1Br. The van der Waals surface area contributed by atoms with Gasteiger partial charge in [-0.15, -0.1) is 0 Å². The highest BCUT2D eigenvalue weighted by molar-refractivity contribution is 9.10. The first kappa shape index (κ1) is 21.5. The highest BCUT2D eigenvalue weighted by Gasteiger charge is 2.21. The van der Waals surface area contributed by atoms with Crippen molar-refractivity contribution in [3.63, 3.8) is 0 Å². The summed E-state index contributed by atoms with van der Waals surface area (Å²) in [5.41, 5.74) is 0.963. The molecule has 0 saturated carbocycles. The molecule has 27 heavy (non-hydrogen) atoms. The molecule has 0 heterocycles. The zero-order chi connectivity index (χ0) is 20.2. The summed E-state index contributed by atoms with van der Waals surface area (Å²) in [4.78, 5) is 16.5. The van der Waals surface area contributed by atoms with Crippen molar-refractivity contribution in [2.45, 2.75) is 11.4 Å². The Morgan fingerprint density at radius 1 is 1.11 bits per heavy atom. The van der Waals surface area contributed by atoms with Crippen LogP contribution >= 0.6 is 15.9 Å². The summed E-state index contributed by atoms with van der Waals surface area (Å²) in [6, 6.07) is 9.97. The molecule has 0 radical (unpaired) electrons. The van der Waals surface area contributed by atoms with E-state index in [0.29, 0.717) is 17.6 Å². The van der Waals surface area contributed by atoms with E-state index in [2.05, 4.69) is 15.9 Å². The molecule has 0 aliphatic rings. The predicted molar refractivity (Wildman–Crippen MR) is 105 cm³/mol. The van der Waals surface area contributed by atoms with Gasteiger partial charge in [-0.25, -0.2) is 17.9 Å². The quantitative estimate of drug-likeness (QED) is 0.691. The molecule has 2 rings (SSSR count). The molecule has 0 aliphatic carbocycles. The van der Waals surface area contributed by atoms with Gasteiger partial charge in [0.15, 0.2) is 0 Å². The van der Waals surface area contributed by atoms with Gasteiger partial charge in [0.1, 0.15) is 5.82 Å². The highest BCUT2D eigenvalue weighted by Crippen LogP contribution is 2.23. The Balaban J connectivity index is 2.36. The second-order valence-electron chi connectivity index (χ2n) is 6.34. The van der Waals surface area contributed by atoms with E-state index in [9.17, 15) is 17.6 Å². The van der Waals surface area contributed by atoms with Crippen molar-refractivity contribution in [2.75, 3.05) is 27.2 Å². The summed E-state index contributed by atoms with van der Waals surface area (Å²) in [7, 11) is -0.158. The van der Waals surface area contributed by atoms with Crippen LogP contribution in [0.2, 0.25) is 0 Å². The first-order valence-electron chi connectivity index (χ1n) is 8.08. The number of amides is 1. The van der Waals surface area contributed by atoms with Crippen LogP contribution in [0.4, 0.5) is 4.39 Å². The monoisotopic (exact) mass is 457 g/mol. The number of carbonyl (C=O) groups excluding carboxylic acids is 1. The fraction of sp³-hybridized carbons (Fsp3) is 0.278. The van der Waals surface area contributed by atoms with Crippen LogP contribution in [0.25, 0.3) is 0 Å². The van der Waals surface area contributed by atoms with Crippen LogP contribution in [0.15, 0.2) is 51.8 Å². The van der Waals surface area contributed by atoms with E-state index in [4.69, 9.17) is 5.14 Å². The molecule has 9 heteroatoms. The average molecular weight is 458 g/mol. The van der Waals surface area contributed by atoms with Gasteiger partial charge >= 0.3 is 0 Å². The van der Waals surface area contributed by atoms with Gasteiger partial charge in [0.05, 0.1) is 10.5 Å². The van der Waals surface area contributed by atoms with Crippen LogP contribution in [0.5, 0.6) is 0 Å². The Hall–Kier alpha value is -1.81. The number of rotatable bonds is 7. The molecule has 0 aliphatic heterocycles. The predicted octanol–water partition coefficient (Wildman–Crippen LogP) is 2.44. The fourth-order valence-electron chi connectivity index (χ4n) is 2.40. The fourth-order valence-corrected chi connectivity index (χ4v) is 3.35. The van der Waals surface area contributed by atoms with Crippen molar-refractivity contribution in [3.8, 4) is 0 Å². The molecule has 1 amide bonds. The maximum absolute atomic E-state index is 13.1. The average Bonchev–Trinajstić information content (AvgIpc) is 2.59. The molecule has 146 valence electrons. The number of benzene rings is 2. The van der Waals surface area contributed by atoms with Crippen LogP contribution < -0.4 is 5.14 Å². The lowest BCUT2D eigenvalue weighted by atomic mass is 10.1. The van der Waals surface area contributed by atoms with Crippen molar-refractivity contribution in [1.29, 1.82) is 0 Å². The molecule has 0 saturated heterocycles. The van der Waals surface area contributed by atoms with Crippen molar-refractivity contribution in [1.82, 2.24) is 9.80 Å². The van der Waals surface area contributed by atoms with Crippen molar-refractivity contribution in [2.24, 2.45) is 5.14 Å². The largest absolute Gasteiger partial charge is 0.333 e. The van der Waals surface area contributed by atoms with Gasteiger partial charge < -0.3 is 9.80 Å². The molecule has 0 fully saturated rings. The zero-order valence-corrected chi connectivity index (χ0v) is 17.4. The van der Waals surface area contributed by atoms with Gasteiger partial charge in [0.25, 0.3) is 5.91 Å². The maximum atomic E-state index is 13.1. The standard InChI is InChI=1S/C18H21BrFN3O3S/c1-22(2)9-10-23(12-13-3-5-14(20)6-4-13)18(24)16-11-15(27(21,25)26)7-8-17(16)19/h3-8,11H,9-10,12H2,1-2H3,(H2,21,25,26). The number of nitrogens with zero attached hydrogens (tertiary/aromatic N) is 2. The van der Waals surface area contributed by atoms with Gasteiger partial charge in [-0.05, 0) is 65.9 Å². The number of hydrogen-bond donors (Lipinski definition) is 1. The molecule has 2 aromatic rings. The second-order valence-corrected chi connectivity index (χ2v) is 8.76. The lowest BCUT2D eigenvalue weighted by molar-refractivity contribution is 0.0731. The van der Waals surface area contributed by atoms with Gasteiger partial charge in [-0.3, -0.25) is 4.79 Å². The number of primary sulfonamides is 1. The molecular formula is C18H21BrFN3O3S. The van der Waals surface area contributed by atoms with E-state index in [1.807, 2.05) is 19.0 Å². The molecule has 0 bridgehead atoms. The summed E-state index contributed by atoms with van der Waals surface area (Å²) in [6.45, 7) is 1.29. The minimum Gasteiger partial charge on any atom is -0.333 e. The molecule has 0 unspecified atom stereocenters. The molecular weight excluding hydrogens is 437 g/mol. The topological polar surface area (TPSA) is 83.7 Å². The van der Waals surface area contributed by atoms with E-state index in [1.165, 1.54) is 30.3 Å². The third-order valence-electron chi connectivity index (χ3n) is 3.89. The van der Waals surface area contributed by atoms with Crippen LogP contribution in [-0.2, 0) is 16.6 Å². The molecule has 0 spiro atoms. The number of hydrogen-bond acceptors (Lipinski definition) is 4. The maximum Gasteiger partial charge on any atom is 0.255 e. The summed E-state index contributed by atoms with van der Waals surface area (Å²) in [5, 5.41) is 5.18. The normalized spacial score (nSPS) is 11.6. The van der Waals surface area contributed by atoms with Crippen LogP contribution in [0.1, 0.15) is 15.9 Å². The molecule has 0 aromatic heterocycles. The minimum atomic E-state index is -3.93. The minimum absolute atomic E-state index is 0.136. The molecule has 2 N–H and O–H groups in total.